The van der Waals surface area contributed by atoms with Crippen LogP contribution >= 0.6 is 11.8 Å². The number of nitrogens with one attached hydrogen (secondary N) is 1. The number of amides is 1. The molecule has 0 aliphatic carbocycles. The molecule has 2 heterocycles. The van der Waals surface area contributed by atoms with E-state index in [9.17, 15) is 4.79 Å². The Morgan fingerprint density at radius 3 is 2.36 bits per heavy atom. The highest BCUT2D eigenvalue weighted by Crippen LogP contribution is 2.18. The lowest BCUT2D eigenvalue weighted by molar-refractivity contribution is -0.128. The predicted molar refractivity (Wildman–Crippen MR) is 112 cm³/mol. The molecule has 0 radical (unpaired) electrons. The van der Waals surface area contributed by atoms with Crippen LogP contribution in [0.5, 0.6) is 0 Å². The number of aromatic amines is 1. The molecule has 144 valence electrons. The van der Waals surface area contributed by atoms with Crippen molar-refractivity contribution in [3.63, 3.8) is 0 Å². The maximum atomic E-state index is 12.5. The SMILES string of the molecule is O=C(CSc1n[nH]c(Cc2ccccc2)n1)N1CCN(c2ccccc2)CC1. The van der Waals surface area contributed by atoms with Gasteiger partial charge in [0, 0.05) is 38.3 Å². The van der Waals surface area contributed by atoms with Crippen molar-refractivity contribution in [3.8, 4) is 0 Å². The van der Waals surface area contributed by atoms with Crippen LogP contribution in [0.2, 0.25) is 0 Å². The Morgan fingerprint density at radius 2 is 1.64 bits per heavy atom. The maximum absolute atomic E-state index is 12.5. The molecule has 1 aromatic heterocycles. The Balaban J connectivity index is 1.24. The third-order valence-corrected chi connectivity index (χ3v) is 5.64. The zero-order valence-electron chi connectivity index (χ0n) is 15.6. The van der Waals surface area contributed by atoms with Crippen molar-refractivity contribution in [1.29, 1.82) is 0 Å². The topological polar surface area (TPSA) is 65.1 Å². The van der Waals surface area contributed by atoms with Crippen molar-refractivity contribution < 1.29 is 4.79 Å². The molecule has 3 aromatic rings. The molecule has 0 spiro atoms. The van der Waals surface area contributed by atoms with E-state index in [1.165, 1.54) is 23.0 Å². The van der Waals surface area contributed by atoms with E-state index in [1.54, 1.807) is 0 Å². The highest BCUT2D eigenvalue weighted by Gasteiger charge is 2.21. The van der Waals surface area contributed by atoms with Crippen LogP contribution < -0.4 is 4.90 Å². The fourth-order valence-corrected chi connectivity index (χ4v) is 4.00. The predicted octanol–water partition coefficient (Wildman–Crippen LogP) is 2.84. The van der Waals surface area contributed by atoms with Crippen LogP contribution in [-0.4, -0.2) is 57.9 Å². The molecule has 0 saturated carbocycles. The molecule has 28 heavy (non-hydrogen) atoms. The number of aromatic nitrogens is 3. The van der Waals surface area contributed by atoms with Crippen molar-refractivity contribution in [1.82, 2.24) is 20.1 Å². The smallest absolute Gasteiger partial charge is 0.233 e. The minimum atomic E-state index is 0.145. The molecule has 0 bridgehead atoms. The summed E-state index contributed by atoms with van der Waals surface area (Å²) < 4.78 is 0. The first-order chi connectivity index (χ1) is 13.8. The molecule has 0 unspecified atom stereocenters. The van der Waals surface area contributed by atoms with Gasteiger partial charge in [-0.25, -0.2) is 4.98 Å². The van der Waals surface area contributed by atoms with E-state index in [2.05, 4.69) is 44.3 Å². The summed E-state index contributed by atoms with van der Waals surface area (Å²) in [7, 11) is 0. The number of H-pyrrole nitrogens is 1. The minimum absolute atomic E-state index is 0.145. The van der Waals surface area contributed by atoms with Crippen LogP contribution in [0.1, 0.15) is 11.4 Å². The largest absolute Gasteiger partial charge is 0.368 e. The molecule has 1 saturated heterocycles. The van der Waals surface area contributed by atoms with Crippen LogP contribution in [0.3, 0.4) is 0 Å². The third kappa shape index (κ3) is 4.72. The zero-order valence-corrected chi connectivity index (χ0v) is 16.4. The van der Waals surface area contributed by atoms with Crippen LogP contribution in [0, 0.1) is 0 Å². The zero-order chi connectivity index (χ0) is 19.2. The Morgan fingerprint density at radius 1 is 0.964 bits per heavy atom. The number of thioether (sulfide) groups is 1. The summed E-state index contributed by atoms with van der Waals surface area (Å²) in [4.78, 5) is 21.3. The van der Waals surface area contributed by atoms with E-state index in [0.29, 0.717) is 17.3 Å². The number of nitrogens with zero attached hydrogens (tertiary/aromatic N) is 4. The Kier molecular flexibility index (Phi) is 5.92. The summed E-state index contributed by atoms with van der Waals surface area (Å²) >= 11 is 1.39. The Hall–Kier alpha value is -2.80. The lowest BCUT2D eigenvalue weighted by Crippen LogP contribution is -2.49. The quantitative estimate of drug-likeness (QED) is 0.653. The number of carbonyl (C=O) groups excluding carboxylic acids is 1. The molecule has 0 atom stereocenters. The fraction of sp³-hybridized carbons (Fsp3) is 0.286. The van der Waals surface area contributed by atoms with Gasteiger partial charge in [-0.05, 0) is 17.7 Å². The highest BCUT2D eigenvalue weighted by molar-refractivity contribution is 7.99. The fourth-order valence-electron chi connectivity index (χ4n) is 3.28. The standard InChI is InChI=1S/C21H23N5OS/c27-20(26-13-11-25(12-14-26)18-9-5-2-6-10-18)16-28-21-22-19(23-24-21)15-17-7-3-1-4-8-17/h1-10H,11-16H2,(H,22,23,24). The first kappa shape index (κ1) is 18.6. The second-order valence-electron chi connectivity index (χ2n) is 6.72. The van der Waals surface area contributed by atoms with Crippen molar-refractivity contribution in [2.75, 3.05) is 36.8 Å². The number of rotatable bonds is 6. The summed E-state index contributed by atoms with van der Waals surface area (Å²) in [5, 5.41) is 7.82. The molecule has 1 aliphatic heterocycles. The molecular weight excluding hydrogens is 370 g/mol. The number of para-hydroxylation sites is 1. The summed E-state index contributed by atoms with van der Waals surface area (Å²) in [6.45, 7) is 3.23. The summed E-state index contributed by atoms with van der Waals surface area (Å²) in [5.41, 5.74) is 2.40. The molecule has 6 nitrogen and oxygen atoms in total. The molecular formula is C21H23N5OS. The molecule has 1 aliphatic rings. The van der Waals surface area contributed by atoms with Crippen LogP contribution in [0.4, 0.5) is 5.69 Å². The number of piperazine rings is 1. The Bertz CT molecular complexity index is 891. The van der Waals surface area contributed by atoms with Gasteiger partial charge in [-0.2, -0.15) is 0 Å². The van der Waals surface area contributed by atoms with Crippen molar-refractivity contribution in [3.05, 3.63) is 72.1 Å². The Labute approximate surface area is 169 Å². The second-order valence-corrected chi connectivity index (χ2v) is 7.66. The van der Waals surface area contributed by atoms with Crippen LogP contribution in [0.25, 0.3) is 0 Å². The van der Waals surface area contributed by atoms with Gasteiger partial charge in [0.25, 0.3) is 0 Å². The average Bonchev–Trinajstić information content (AvgIpc) is 3.21. The molecule has 1 fully saturated rings. The highest BCUT2D eigenvalue weighted by atomic mass is 32.2. The monoisotopic (exact) mass is 393 g/mol. The number of benzene rings is 2. The normalized spacial score (nSPS) is 14.3. The summed E-state index contributed by atoms with van der Waals surface area (Å²) in [5.74, 6) is 1.33. The second kappa shape index (κ2) is 8.93. The van der Waals surface area contributed by atoms with Crippen molar-refractivity contribution >= 4 is 23.4 Å². The van der Waals surface area contributed by atoms with E-state index in [1.807, 2.05) is 41.3 Å². The van der Waals surface area contributed by atoms with Gasteiger partial charge in [-0.1, -0.05) is 60.3 Å². The van der Waals surface area contributed by atoms with Crippen LogP contribution in [-0.2, 0) is 11.2 Å². The summed E-state index contributed by atoms with van der Waals surface area (Å²) in [6, 6.07) is 20.5. The van der Waals surface area contributed by atoms with E-state index in [4.69, 9.17) is 0 Å². The molecule has 2 aromatic carbocycles. The number of hydrogen-bond acceptors (Lipinski definition) is 5. The lowest BCUT2D eigenvalue weighted by Gasteiger charge is -2.36. The van der Waals surface area contributed by atoms with E-state index >= 15 is 0 Å². The van der Waals surface area contributed by atoms with E-state index < -0.39 is 0 Å². The molecule has 4 rings (SSSR count). The lowest BCUT2D eigenvalue weighted by atomic mass is 10.1. The molecule has 1 N–H and O–H groups in total. The molecule has 1 amide bonds. The van der Waals surface area contributed by atoms with Crippen molar-refractivity contribution in [2.24, 2.45) is 0 Å². The number of hydrogen-bond donors (Lipinski definition) is 1. The average molecular weight is 394 g/mol. The minimum Gasteiger partial charge on any atom is -0.368 e. The van der Waals surface area contributed by atoms with E-state index in [0.717, 1.165) is 32.0 Å². The summed E-state index contributed by atoms with van der Waals surface area (Å²) in [6.07, 6.45) is 0.712. The van der Waals surface area contributed by atoms with Gasteiger partial charge >= 0.3 is 0 Å². The van der Waals surface area contributed by atoms with Gasteiger partial charge in [0.2, 0.25) is 11.1 Å². The molecule has 7 heteroatoms. The van der Waals surface area contributed by atoms with Crippen molar-refractivity contribution in [2.45, 2.75) is 11.6 Å². The number of anilines is 1. The van der Waals surface area contributed by atoms with Gasteiger partial charge in [0.15, 0.2) is 0 Å². The number of carbonyl (C=O) groups is 1. The first-order valence-electron chi connectivity index (χ1n) is 9.44. The first-order valence-corrected chi connectivity index (χ1v) is 10.4. The third-order valence-electron chi connectivity index (χ3n) is 4.80. The maximum Gasteiger partial charge on any atom is 0.233 e. The van der Waals surface area contributed by atoms with Gasteiger partial charge < -0.3 is 9.80 Å². The van der Waals surface area contributed by atoms with Gasteiger partial charge in [0.05, 0.1) is 5.75 Å². The van der Waals surface area contributed by atoms with Gasteiger partial charge in [-0.15, -0.1) is 5.10 Å². The van der Waals surface area contributed by atoms with E-state index in [-0.39, 0.29) is 5.91 Å². The van der Waals surface area contributed by atoms with Gasteiger partial charge in [-0.3, -0.25) is 9.89 Å². The van der Waals surface area contributed by atoms with Crippen LogP contribution in [0.15, 0.2) is 65.8 Å². The van der Waals surface area contributed by atoms with Gasteiger partial charge in [0.1, 0.15) is 5.82 Å².